The van der Waals surface area contributed by atoms with Gasteiger partial charge in [0.25, 0.3) is 5.91 Å². The first kappa shape index (κ1) is 22.6. The molecule has 0 spiro atoms. The molecule has 2 aromatic heterocycles. The number of amides is 3. The predicted octanol–water partition coefficient (Wildman–Crippen LogP) is 1.77. The first-order valence-electron chi connectivity index (χ1n) is 10.2. The summed E-state index contributed by atoms with van der Waals surface area (Å²) in [4.78, 5) is 37.1. The van der Waals surface area contributed by atoms with Crippen molar-refractivity contribution in [2.24, 2.45) is 0 Å². The minimum absolute atomic E-state index is 0.0813. The summed E-state index contributed by atoms with van der Waals surface area (Å²) < 4.78 is 42.7. The van der Waals surface area contributed by atoms with E-state index in [0.29, 0.717) is 30.9 Å². The van der Waals surface area contributed by atoms with Crippen LogP contribution in [0.4, 0.5) is 35.3 Å². The Hall–Kier alpha value is -3.61. The molecule has 0 unspecified atom stereocenters. The fraction of sp³-hybridized carbons (Fsp3) is 0.400. The molecule has 176 valence electrons. The molecule has 3 N–H and O–H groups in total. The minimum Gasteiger partial charge on any atom is -0.491 e. The highest BCUT2D eigenvalue weighted by Gasteiger charge is 2.40. The van der Waals surface area contributed by atoms with Crippen LogP contribution in [0.25, 0.3) is 0 Å². The van der Waals surface area contributed by atoms with Crippen molar-refractivity contribution >= 4 is 29.3 Å². The minimum atomic E-state index is -4.55. The number of aliphatic hydroxyl groups is 1. The fourth-order valence-corrected chi connectivity index (χ4v) is 3.77. The van der Waals surface area contributed by atoms with Gasteiger partial charge in [-0.2, -0.15) is 13.2 Å². The van der Waals surface area contributed by atoms with Crippen LogP contribution in [0.2, 0.25) is 0 Å². The van der Waals surface area contributed by atoms with Gasteiger partial charge in [-0.3, -0.25) is 15.0 Å². The van der Waals surface area contributed by atoms with Crippen LogP contribution in [0, 0.1) is 0 Å². The number of urea groups is 1. The van der Waals surface area contributed by atoms with E-state index in [-0.39, 0.29) is 36.6 Å². The number of rotatable bonds is 6. The Morgan fingerprint density at radius 3 is 2.85 bits per heavy atom. The zero-order chi connectivity index (χ0) is 23.6. The Morgan fingerprint density at radius 2 is 2.09 bits per heavy atom. The lowest BCUT2D eigenvalue weighted by molar-refractivity contribution is -0.123. The summed E-state index contributed by atoms with van der Waals surface area (Å²) in [6.45, 7) is -0.334. The molecular weight excluding hydrogens is 445 g/mol. The van der Waals surface area contributed by atoms with Crippen LogP contribution in [0.15, 0.2) is 30.5 Å². The molecule has 1 fully saturated rings. The lowest BCUT2D eigenvalue weighted by atomic mass is 10.1. The zero-order valence-corrected chi connectivity index (χ0v) is 17.3. The number of pyridine rings is 2. The van der Waals surface area contributed by atoms with Gasteiger partial charge in [0.15, 0.2) is 5.82 Å². The number of carbonyl (C=O) groups is 2. The van der Waals surface area contributed by atoms with Crippen LogP contribution in [-0.4, -0.2) is 72.1 Å². The third-order valence-corrected chi connectivity index (χ3v) is 5.18. The van der Waals surface area contributed by atoms with Gasteiger partial charge < -0.3 is 20.1 Å². The quantitative estimate of drug-likeness (QED) is 0.594. The molecule has 2 aliphatic rings. The van der Waals surface area contributed by atoms with E-state index < -0.39 is 24.7 Å². The number of halogens is 3. The van der Waals surface area contributed by atoms with Crippen LogP contribution in [0.3, 0.4) is 0 Å². The van der Waals surface area contributed by atoms with E-state index in [1.807, 2.05) is 4.90 Å². The predicted molar refractivity (Wildman–Crippen MR) is 112 cm³/mol. The highest BCUT2D eigenvalue weighted by Crippen LogP contribution is 2.39. The second kappa shape index (κ2) is 9.10. The van der Waals surface area contributed by atoms with Gasteiger partial charge in [0, 0.05) is 25.4 Å². The number of nitrogens with zero attached hydrogens (tertiary/aromatic N) is 4. The summed E-state index contributed by atoms with van der Waals surface area (Å²) in [6.07, 6.45) is -2.46. The van der Waals surface area contributed by atoms with Gasteiger partial charge in [-0.1, -0.05) is 0 Å². The largest absolute Gasteiger partial charge is 0.491 e. The van der Waals surface area contributed by atoms with Gasteiger partial charge in [0.2, 0.25) is 0 Å². The summed E-state index contributed by atoms with van der Waals surface area (Å²) >= 11 is 0. The molecule has 2 aromatic rings. The van der Waals surface area contributed by atoms with Crippen LogP contribution >= 0.6 is 0 Å². The Morgan fingerprint density at radius 1 is 1.27 bits per heavy atom. The molecule has 0 radical (unpaired) electrons. The van der Waals surface area contributed by atoms with Gasteiger partial charge in [0.1, 0.15) is 30.4 Å². The van der Waals surface area contributed by atoms with Crippen molar-refractivity contribution in [2.75, 3.05) is 48.0 Å². The first-order chi connectivity index (χ1) is 15.7. The van der Waals surface area contributed by atoms with E-state index in [1.54, 1.807) is 17.4 Å². The first-order valence-corrected chi connectivity index (χ1v) is 10.2. The van der Waals surface area contributed by atoms with E-state index in [4.69, 9.17) is 9.84 Å². The van der Waals surface area contributed by atoms with Gasteiger partial charge in [-0.15, -0.1) is 0 Å². The third kappa shape index (κ3) is 5.08. The molecule has 0 aliphatic carbocycles. The lowest BCUT2D eigenvalue weighted by Gasteiger charge is -2.35. The van der Waals surface area contributed by atoms with E-state index in [2.05, 4.69) is 15.3 Å². The summed E-state index contributed by atoms with van der Waals surface area (Å²) in [5, 5.41) is 13.3. The number of carbonyl (C=O) groups excluding carboxylic acids is 2. The van der Waals surface area contributed by atoms with Crippen molar-refractivity contribution in [1.29, 1.82) is 0 Å². The van der Waals surface area contributed by atoms with Crippen molar-refractivity contribution in [2.45, 2.75) is 18.6 Å². The number of aliphatic hydroxyl groups excluding tert-OH is 1. The Kier molecular flexibility index (Phi) is 6.22. The molecule has 1 saturated heterocycles. The molecule has 2 aliphatic heterocycles. The maximum atomic E-state index is 13.2. The molecule has 10 nitrogen and oxygen atoms in total. The smallest absolute Gasteiger partial charge is 0.405 e. The number of hydrogen-bond donors (Lipinski definition) is 3. The van der Waals surface area contributed by atoms with Crippen LogP contribution in [0.5, 0.6) is 5.75 Å². The maximum absolute atomic E-state index is 13.2. The van der Waals surface area contributed by atoms with Crippen molar-refractivity contribution in [1.82, 2.24) is 15.3 Å². The van der Waals surface area contributed by atoms with E-state index in [1.165, 1.54) is 23.2 Å². The van der Waals surface area contributed by atoms with E-state index >= 15 is 0 Å². The highest BCUT2D eigenvalue weighted by atomic mass is 19.4. The third-order valence-electron chi connectivity index (χ3n) is 5.18. The van der Waals surface area contributed by atoms with Crippen molar-refractivity contribution in [3.8, 4) is 5.75 Å². The molecule has 13 heteroatoms. The summed E-state index contributed by atoms with van der Waals surface area (Å²) in [7, 11) is 0. The maximum Gasteiger partial charge on any atom is 0.405 e. The molecule has 4 rings (SSSR count). The van der Waals surface area contributed by atoms with Gasteiger partial charge >= 0.3 is 12.2 Å². The van der Waals surface area contributed by atoms with Crippen molar-refractivity contribution < 1.29 is 32.6 Å². The number of alkyl halides is 3. The Labute approximate surface area is 186 Å². The normalized spacial score (nSPS) is 16.9. The van der Waals surface area contributed by atoms with Gasteiger partial charge in [-0.25, -0.2) is 14.8 Å². The fourth-order valence-electron chi connectivity index (χ4n) is 3.77. The van der Waals surface area contributed by atoms with E-state index in [9.17, 15) is 22.8 Å². The topological polar surface area (TPSA) is 120 Å². The second-order valence-electron chi connectivity index (χ2n) is 7.47. The van der Waals surface area contributed by atoms with E-state index in [0.717, 1.165) is 0 Å². The average molecular weight is 466 g/mol. The summed E-state index contributed by atoms with van der Waals surface area (Å²) in [5.74, 6) is -0.189. The monoisotopic (exact) mass is 466 g/mol. The summed E-state index contributed by atoms with van der Waals surface area (Å²) in [6, 6.07) is 5.21. The van der Waals surface area contributed by atoms with Crippen LogP contribution in [0.1, 0.15) is 16.9 Å². The molecule has 2 bridgehead atoms. The van der Waals surface area contributed by atoms with Gasteiger partial charge in [-0.05, 0) is 24.6 Å². The molecule has 33 heavy (non-hydrogen) atoms. The molecule has 0 saturated carbocycles. The Balaban J connectivity index is 1.57. The molecule has 0 aromatic carbocycles. The number of nitrogens with one attached hydrogen (secondary N) is 2. The number of anilines is 3. The van der Waals surface area contributed by atoms with Crippen molar-refractivity contribution in [3.63, 3.8) is 0 Å². The molecular formula is C20H21F3N6O4. The lowest BCUT2D eigenvalue weighted by Crippen LogP contribution is -2.48. The second-order valence-corrected chi connectivity index (χ2v) is 7.47. The Bertz CT molecular complexity index is 1050. The molecule has 1 atom stereocenters. The molecule has 3 amide bonds. The molecule has 4 heterocycles. The van der Waals surface area contributed by atoms with Crippen molar-refractivity contribution in [3.05, 3.63) is 36.2 Å². The standard InChI is InChI=1S/C20H21F3N6O4/c21-20(22,23)11-25-18(31)14-1-2-15-17(26-14)29(12-4-6-28(15)10-12)19(32)27-16-9-13(3-5-24-16)33-8-7-30/h1-3,5,9,12,30H,4,6-8,10-11H2,(H,25,31)(H,24,27,32)/t12-/m0/s1. The number of aromatic nitrogens is 2. The average Bonchev–Trinajstić information content (AvgIpc) is 3.19. The number of ether oxygens (including phenoxy) is 1. The van der Waals surface area contributed by atoms with Crippen LogP contribution < -0.4 is 25.2 Å². The van der Waals surface area contributed by atoms with Gasteiger partial charge in [0.05, 0.1) is 18.3 Å². The summed E-state index contributed by atoms with van der Waals surface area (Å²) in [5.41, 5.74) is 0.384. The highest BCUT2D eigenvalue weighted by molar-refractivity contribution is 6.05. The SMILES string of the molecule is O=C(NCC(F)(F)F)c1ccc2c(n1)N(C(=O)Nc1cc(OCCO)ccn1)[C@H]1CCN2C1. The van der Waals surface area contributed by atoms with Crippen LogP contribution in [-0.2, 0) is 0 Å². The number of fused-ring (bicyclic) bond motifs is 4. The zero-order valence-electron chi connectivity index (χ0n) is 17.3. The number of hydrogen-bond acceptors (Lipinski definition) is 7.